The maximum Gasteiger partial charge on any atom is 0.145 e. The lowest BCUT2D eigenvalue weighted by Gasteiger charge is -2.21. The molecule has 0 aliphatic carbocycles. The Hall–Kier alpha value is -7.11. The van der Waals surface area contributed by atoms with Gasteiger partial charge in [-0.15, -0.1) is 0 Å². The summed E-state index contributed by atoms with van der Waals surface area (Å²) in [6, 6.07) is 64.1. The summed E-state index contributed by atoms with van der Waals surface area (Å²) >= 11 is 0. The van der Waals surface area contributed by atoms with Crippen LogP contribution in [-0.2, 0) is 0 Å². The predicted octanol–water partition coefficient (Wildman–Crippen LogP) is 12.5. The van der Waals surface area contributed by atoms with Crippen molar-refractivity contribution in [3.05, 3.63) is 188 Å². The standard InChI is InChI=1S/C49H36N4O/c1-51-33-52(47-27-11-10-26-46(47)51)37-19-12-20-39(31-37)54-40-30-36(29-38(32-40)53-45-25-9-8-21-43(45)44-24-14-28-50-49(44)53)48-41(34-15-4-2-5-16-34)22-13-23-42(48)35-17-6-3-7-18-35/h2-32H,33H2,1H3. The molecule has 1 aliphatic heterocycles. The number of rotatable bonds is 7. The van der Waals surface area contributed by atoms with E-state index in [0.717, 1.165) is 84.9 Å². The largest absolute Gasteiger partial charge is 0.457 e. The van der Waals surface area contributed by atoms with E-state index < -0.39 is 0 Å². The fourth-order valence-electron chi connectivity index (χ4n) is 8.00. The van der Waals surface area contributed by atoms with E-state index in [2.05, 4.69) is 191 Å². The Balaban J connectivity index is 1.19. The number of benzene rings is 7. The summed E-state index contributed by atoms with van der Waals surface area (Å²) in [7, 11) is 2.13. The van der Waals surface area contributed by atoms with Crippen LogP contribution in [0.1, 0.15) is 0 Å². The minimum atomic E-state index is 0.738. The van der Waals surface area contributed by atoms with Gasteiger partial charge in [-0.2, -0.15) is 0 Å². The van der Waals surface area contributed by atoms with E-state index >= 15 is 0 Å². The molecule has 0 spiro atoms. The summed E-state index contributed by atoms with van der Waals surface area (Å²) in [4.78, 5) is 9.53. The molecule has 10 rings (SSSR count). The van der Waals surface area contributed by atoms with Crippen LogP contribution >= 0.6 is 0 Å². The highest BCUT2D eigenvalue weighted by molar-refractivity contribution is 6.08. The van der Waals surface area contributed by atoms with Gasteiger partial charge in [0, 0.05) is 41.8 Å². The summed E-state index contributed by atoms with van der Waals surface area (Å²) in [5, 5.41) is 2.27. The fourth-order valence-corrected chi connectivity index (χ4v) is 8.00. The van der Waals surface area contributed by atoms with Crippen molar-refractivity contribution in [3.63, 3.8) is 0 Å². The van der Waals surface area contributed by atoms with Gasteiger partial charge in [0.05, 0.1) is 29.2 Å². The van der Waals surface area contributed by atoms with Crippen LogP contribution < -0.4 is 14.5 Å². The van der Waals surface area contributed by atoms with Crippen LogP contribution in [0, 0.1) is 0 Å². The molecule has 0 fully saturated rings. The van der Waals surface area contributed by atoms with E-state index in [1.165, 1.54) is 11.4 Å². The third kappa shape index (κ3) is 5.46. The normalized spacial score (nSPS) is 12.4. The molecule has 54 heavy (non-hydrogen) atoms. The van der Waals surface area contributed by atoms with Crippen LogP contribution in [0.3, 0.4) is 0 Å². The number of anilines is 3. The molecule has 0 unspecified atom stereocenters. The molecule has 5 nitrogen and oxygen atoms in total. The second-order valence-electron chi connectivity index (χ2n) is 13.8. The number of hydrogen-bond donors (Lipinski definition) is 0. The highest BCUT2D eigenvalue weighted by atomic mass is 16.5. The molecule has 5 heteroatoms. The van der Waals surface area contributed by atoms with Gasteiger partial charge in [-0.1, -0.05) is 115 Å². The molecule has 0 N–H and O–H groups in total. The Morgan fingerprint density at radius 1 is 0.500 bits per heavy atom. The van der Waals surface area contributed by atoms with Crippen molar-refractivity contribution in [3.8, 4) is 50.6 Å². The first-order valence-electron chi connectivity index (χ1n) is 18.3. The number of ether oxygens (including phenoxy) is 1. The maximum atomic E-state index is 6.94. The number of fused-ring (bicyclic) bond motifs is 4. The molecular weight excluding hydrogens is 661 g/mol. The van der Waals surface area contributed by atoms with Crippen molar-refractivity contribution in [2.75, 3.05) is 23.5 Å². The van der Waals surface area contributed by atoms with Gasteiger partial charge in [0.25, 0.3) is 0 Å². The van der Waals surface area contributed by atoms with Crippen molar-refractivity contribution in [1.82, 2.24) is 9.55 Å². The Kier molecular flexibility index (Phi) is 7.69. The molecule has 7 aromatic carbocycles. The summed E-state index contributed by atoms with van der Waals surface area (Å²) in [5.74, 6) is 1.50. The van der Waals surface area contributed by atoms with Crippen molar-refractivity contribution in [2.45, 2.75) is 0 Å². The predicted molar refractivity (Wildman–Crippen MR) is 223 cm³/mol. The smallest absolute Gasteiger partial charge is 0.145 e. The van der Waals surface area contributed by atoms with Crippen LogP contribution in [0.15, 0.2) is 188 Å². The molecule has 0 saturated heterocycles. The summed E-state index contributed by atoms with van der Waals surface area (Å²) in [6.07, 6.45) is 1.87. The van der Waals surface area contributed by atoms with Crippen molar-refractivity contribution >= 4 is 39.0 Å². The van der Waals surface area contributed by atoms with Gasteiger partial charge in [0.2, 0.25) is 0 Å². The summed E-state index contributed by atoms with van der Waals surface area (Å²) in [6.45, 7) is 0.766. The Labute approximate surface area is 314 Å². The second kappa shape index (κ2) is 13.1. The molecule has 258 valence electrons. The van der Waals surface area contributed by atoms with Gasteiger partial charge in [0.15, 0.2) is 0 Å². The average Bonchev–Trinajstić information content (AvgIpc) is 3.76. The van der Waals surface area contributed by atoms with Crippen LogP contribution in [0.2, 0.25) is 0 Å². The van der Waals surface area contributed by atoms with Crippen LogP contribution in [0.5, 0.6) is 11.5 Å². The lowest BCUT2D eigenvalue weighted by Crippen LogP contribution is -2.23. The van der Waals surface area contributed by atoms with E-state index in [-0.39, 0.29) is 0 Å². The minimum Gasteiger partial charge on any atom is -0.457 e. The number of pyridine rings is 1. The van der Waals surface area contributed by atoms with Gasteiger partial charge in [-0.3, -0.25) is 4.57 Å². The minimum absolute atomic E-state index is 0.738. The van der Waals surface area contributed by atoms with E-state index in [1.807, 2.05) is 18.3 Å². The third-order valence-corrected chi connectivity index (χ3v) is 10.4. The molecule has 1 aliphatic rings. The Morgan fingerprint density at radius 2 is 1.15 bits per heavy atom. The molecule has 0 atom stereocenters. The first-order valence-corrected chi connectivity index (χ1v) is 18.3. The second-order valence-corrected chi connectivity index (χ2v) is 13.8. The quantitative estimate of drug-likeness (QED) is 0.166. The molecule has 0 saturated carbocycles. The molecule has 0 amide bonds. The Morgan fingerprint density at radius 3 is 1.93 bits per heavy atom. The molecular formula is C49H36N4O. The number of aromatic nitrogens is 2. The van der Waals surface area contributed by atoms with Gasteiger partial charge in [-0.05, 0) is 88.0 Å². The first kappa shape index (κ1) is 31.6. The number of hydrogen-bond acceptors (Lipinski definition) is 4. The highest BCUT2D eigenvalue weighted by Crippen LogP contribution is 2.45. The summed E-state index contributed by atoms with van der Waals surface area (Å²) < 4.78 is 9.20. The summed E-state index contributed by atoms with van der Waals surface area (Å²) in [5.41, 5.74) is 13.2. The van der Waals surface area contributed by atoms with Crippen molar-refractivity contribution < 1.29 is 4.74 Å². The molecule has 3 heterocycles. The van der Waals surface area contributed by atoms with Crippen LogP contribution in [-0.4, -0.2) is 23.3 Å². The lowest BCUT2D eigenvalue weighted by atomic mass is 9.87. The van der Waals surface area contributed by atoms with Gasteiger partial charge < -0.3 is 14.5 Å². The van der Waals surface area contributed by atoms with E-state index in [1.54, 1.807) is 0 Å². The monoisotopic (exact) mass is 696 g/mol. The highest BCUT2D eigenvalue weighted by Gasteiger charge is 2.24. The fraction of sp³-hybridized carbons (Fsp3) is 0.0408. The lowest BCUT2D eigenvalue weighted by molar-refractivity contribution is 0.483. The average molecular weight is 697 g/mol. The molecule has 0 radical (unpaired) electrons. The van der Waals surface area contributed by atoms with Gasteiger partial charge >= 0.3 is 0 Å². The van der Waals surface area contributed by atoms with E-state index in [0.29, 0.717) is 0 Å². The van der Waals surface area contributed by atoms with Gasteiger partial charge in [0.1, 0.15) is 17.1 Å². The zero-order valence-electron chi connectivity index (χ0n) is 29.8. The number of nitrogens with zero attached hydrogens (tertiary/aromatic N) is 4. The molecule has 9 aromatic rings. The van der Waals surface area contributed by atoms with E-state index in [4.69, 9.17) is 9.72 Å². The Bertz CT molecular complexity index is 2700. The van der Waals surface area contributed by atoms with Crippen LogP contribution in [0.4, 0.5) is 17.1 Å². The molecule has 2 aromatic heterocycles. The zero-order chi connectivity index (χ0) is 36.0. The topological polar surface area (TPSA) is 33.5 Å². The zero-order valence-corrected chi connectivity index (χ0v) is 29.8. The van der Waals surface area contributed by atoms with Crippen molar-refractivity contribution in [2.24, 2.45) is 0 Å². The van der Waals surface area contributed by atoms with Crippen LogP contribution in [0.25, 0.3) is 61.0 Å². The molecule has 0 bridgehead atoms. The van der Waals surface area contributed by atoms with Crippen molar-refractivity contribution in [1.29, 1.82) is 0 Å². The van der Waals surface area contributed by atoms with E-state index in [9.17, 15) is 0 Å². The SMILES string of the molecule is CN1CN(c2cccc(Oc3cc(-c4c(-c5ccccc5)cccc4-c4ccccc4)cc(-n4c5ccccc5c5cccnc54)c3)c2)c2ccccc21. The number of para-hydroxylation sites is 3. The third-order valence-electron chi connectivity index (χ3n) is 10.4. The maximum absolute atomic E-state index is 6.94. The first-order chi connectivity index (χ1) is 26.7. The van der Waals surface area contributed by atoms with Gasteiger partial charge in [-0.25, -0.2) is 4.98 Å².